The Morgan fingerprint density at radius 1 is 1.15 bits per heavy atom. The molecule has 0 saturated carbocycles. The van der Waals surface area contributed by atoms with Gasteiger partial charge in [0.05, 0.1) is 28.6 Å². The van der Waals surface area contributed by atoms with Crippen molar-refractivity contribution in [2.45, 2.75) is 18.9 Å². The average molecular weight is 541 g/mol. The highest BCUT2D eigenvalue weighted by Crippen LogP contribution is 2.45. The van der Waals surface area contributed by atoms with E-state index in [1.165, 1.54) is 22.3 Å². The van der Waals surface area contributed by atoms with Crippen LogP contribution in [-0.2, 0) is 4.79 Å². The molecule has 3 aromatic heterocycles. The van der Waals surface area contributed by atoms with Gasteiger partial charge in [-0.15, -0.1) is 11.3 Å². The quantitative estimate of drug-likeness (QED) is 0.330. The minimum absolute atomic E-state index is 0.152. The molecule has 11 heteroatoms. The van der Waals surface area contributed by atoms with Gasteiger partial charge in [-0.05, 0) is 43.2 Å². The summed E-state index contributed by atoms with van der Waals surface area (Å²) >= 11 is 1.22. The number of rotatable bonds is 6. The van der Waals surface area contributed by atoms with Crippen LogP contribution in [0.15, 0.2) is 73.6 Å². The predicted octanol–water partition coefficient (Wildman–Crippen LogP) is 5.07. The zero-order valence-corrected chi connectivity index (χ0v) is 21.6. The lowest BCUT2D eigenvalue weighted by atomic mass is 10.1. The zero-order chi connectivity index (χ0) is 26.9. The first-order valence-corrected chi connectivity index (χ1v) is 13.3. The molecule has 39 heavy (non-hydrogen) atoms. The van der Waals surface area contributed by atoms with Gasteiger partial charge in [-0.2, -0.15) is 0 Å². The van der Waals surface area contributed by atoms with Crippen LogP contribution in [0.5, 0.6) is 11.6 Å². The van der Waals surface area contributed by atoms with Gasteiger partial charge in [0.1, 0.15) is 15.5 Å². The molecule has 1 saturated heterocycles. The molecule has 2 aliphatic rings. The molecule has 0 radical (unpaired) electrons. The second kappa shape index (κ2) is 10.2. The fraction of sp³-hybridized carbons (Fsp3) is 0.179. The van der Waals surface area contributed by atoms with E-state index in [4.69, 9.17) is 4.74 Å². The SMILES string of the molecule is C=CC(=O)N1CCC[C@@H](NC(=O)c2sc3nccc4c3c2NC(=O)N4c2ccc(Oc3ccccc3)nc2)C1. The molecule has 10 nitrogen and oxygen atoms in total. The number of thiophene rings is 1. The molecule has 1 aromatic carbocycles. The summed E-state index contributed by atoms with van der Waals surface area (Å²) in [6.45, 7) is 4.60. The molecule has 0 aliphatic carbocycles. The number of anilines is 3. The van der Waals surface area contributed by atoms with E-state index in [-0.39, 0.29) is 17.9 Å². The molecule has 0 spiro atoms. The van der Waals surface area contributed by atoms with Crippen molar-refractivity contribution < 1.29 is 19.1 Å². The molecule has 1 atom stereocenters. The number of carbonyl (C=O) groups is 3. The number of benzene rings is 1. The van der Waals surface area contributed by atoms with Crippen molar-refractivity contribution in [2.75, 3.05) is 23.3 Å². The smallest absolute Gasteiger partial charge is 0.331 e. The van der Waals surface area contributed by atoms with Crippen molar-refractivity contribution in [1.29, 1.82) is 0 Å². The summed E-state index contributed by atoms with van der Waals surface area (Å²) in [5.74, 6) is 0.593. The maximum absolute atomic E-state index is 13.3. The number of piperidine rings is 1. The second-order valence-corrected chi connectivity index (χ2v) is 10.2. The van der Waals surface area contributed by atoms with E-state index >= 15 is 0 Å². The number of nitrogens with one attached hydrogen (secondary N) is 2. The van der Waals surface area contributed by atoms with Crippen LogP contribution < -0.4 is 20.3 Å². The number of hydrogen-bond acceptors (Lipinski definition) is 7. The molecule has 196 valence electrons. The largest absolute Gasteiger partial charge is 0.439 e. The van der Waals surface area contributed by atoms with Gasteiger partial charge in [-0.3, -0.25) is 14.5 Å². The normalized spacial score (nSPS) is 16.5. The topological polar surface area (TPSA) is 117 Å². The summed E-state index contributed by atoms with van der Waals surface area (Å²) < 4.78 is 5.77. The summed E-state index contributed by atoms with van der Waals surface area (Å²) in [6.07, 6.45) is 6.01. The third-order valence-electron chi connectivity index (χ3n) is 6.64. The van der Waals surface area contributed by atoms with Gasteiger partial charge in [0.2, 0.25) is 11.8 Å². The van der Waals surface area contributed by atoms with E-state index < -0.39 is 6.03 Å². The van der Waals surface area contributed by atoms with E-state index in [9.17, 15) is 14.4 Å². The molecule has 4 amide bonds. The number of ether oxygens (including phenoxy) is 1. The Labute approximate surface area is 227 Å². The highest BCUT2D eigenvalue weighted by molar-refractivity contribution is 7.21. The van der Waals surface area contributed by atoms with E-state index in [2.05, 4.69) is 27.2 Å². The average Bonchev–Trinajstić information content (AvgIpc) is 3.33. The van der Waals surface area contributed by atoms with Crippen LogP contribution in [-0.4, -0.2) is 51.8 Å². The van der Waals surface area contributed by atoms with Crippen LogP contribution in [0, 0.1) is 0 Å². The highest BCUT2D eigenvalue weighted by Gasteiger charge is 2.34. The molecule has 1 fully saturated rings. The van der Waals surface area contributed by atoms with Gasteiger partial charge in [0.15, 0.2) is 0 Å². The molecule has 4 aromatic rings. The van der Waals surface area contributed by atoms with E-state index in [0.29, 0.717) is 56.9 Å². The van der Waals surface area contributed by atoms with Crippen molar-refractivity contribution in [3.63, 3.8) is 0 Å². The van der Waals surface area contributed by atoms with Gasteiger partial charge in [-0.25, -0.2) is 14.8 Å². The van der Waals surface area contributed by atoms with Gasteiger partial charge < -0.3 is 20.3 Å². The number of para-hydroxylation sites is 1. The number of hydrogen-bond donors (Lipinski definition) is 2. The van der Waals surface area contributed by atoms with Gasteiger partial charge >= 0.3 is 6.03 Å². The van der Waals surface area contributed by atoms with Gasteiger partial charge in [0.25, 0.3) is 5.91 Å². The monoisotopic (exact) mass is 540 g/mol. The summed E-state index contributed by atoms with van der Waals surface area (Å²) in [4.78, 5) is 51.7. The number of urea groups is 1. The fourth-order valence-electron chi connectivity index (χ4n) is 4.85. The Balaban J connectivity index is 1.27. The Hall–Kier alpha value is -4.77. The van der Waals surface area contributed by atoms with Crippen LogP contribution in [0.1, 0.15) is 22.5 Å². The molecule has 2 aliphatic heterocycles. The number of carbonyl (C=O) groups excluding carboxylic acids is 3. The first-order valence-electron chi connectivity index (χ1n) is 12.5. The van der Waals surface area contributed by atoms with E-state index in [1.807, 2.05) is 30.3 Å². The van der Waals surface area contributed by atoms with Crippen LogP contribution >= 0.6 is 11.3 Å². The maximum atomic E-state index is 13.3. The summed E-state index contributed by atoms with van der Waals surface area (Å²) in [5, 5.41) is 6.61. The molecular formula is C28H24N6O4S. The third kappa shape index (κ3) is 4.68. The molecule has 0 unspecified atom stereocenters. The lowest BCUT2D eigenvalue weighted by Gasteiger charge is -2.32. The fourth-order valence-corrected chi connectivity index (χ4v) is 5.87. The first-order chi connectivity index (χ1) is 19.0. The first kappa shape index (κ1) is 24.6. The molecule has 2 N–H and O–H groups in total. The zero-order valence-electron chi connectivity index (χ0n) is 20.8. The van der Waals surface area contributed by atoms with Crippen LogP contribution in [0.2, 0.25) is 0 Å². The molecule has 0 bridgehead atoms. The minimum Gasteiger partial charge on any atom is -0.439 e. The van der Waals surface area contributed by atoms with Crippen molar-refractivity contribution >= 4 is 56.5 Å². The van der Waals surface area contributed by atoms with E-state index in [0.717, 1.165) is 12.8 Å². The van der Waals surface area contributed by atoms with Gasteiger partial charge in [0, 0.05) is 31.4 Å². The van der Waals surface area contributed by atoms with Crippen molar-refractivity contribution in [3.05, 3.63) is 78.5 Å². The summed E-state index contributed by atoms with van der Waals surface area (Å²) in [5.41, 5.74) is 1.58. The molecular weight excluding hydrogens is 516 g/mol. The van der Waals surface area contributed by atoms with Crippen LogP contribution in [0.3, 0.4) is 0 Å². The number of nitrogens with zero attached hydrogens (tertiary/aromatic N) is 4. The van der Waals surface area contributed by atoms with Crippen molar-refractivity contribution in [1.82, 2.24) is 20.2 Å². The van der Waals surface area contributed by atoms with E-state index in [1.54, 1.807) is 35.5 Å². The summed E-state index contributed by atoms with van der Waals surface area (Å²) in [7, 11) is 0. The van der Waals surface area contributed by atoms with Crippen LogP contribution in [0.4, 0.5) is 21.9 Å². The Morgan fingerprint density at radius 2 is 2.00 bits per heavy atom. The van der Waals surface area contributed by atoms with Crippen molar-refractivity contribution in [2.24, 2.45) is 0 Å². The number of amides is 4. The number of likely N-dealkylation sites (tertiary alicyclic amines) is 1. The number of pyridine rings is 2. The second-order valence-electron chi connectivity index (χ2n) is 9.15. The predicted molar refractivity (Wildman–Crippen MR) is 149 cm³/mol. The minimum atomic E-state index is -0.415. The Kier molecular flexibility index (Phi) is 6.41. The maximum Gasteiger partial charge on any atom is 0.331 e. The number of aromatic nitrogens is 2. The summed E-state index contributed by atoms with van der Waals surface area (Å²) in [6, 6.07) is 13.9. The lowest BCUT2D eigenvalue weighted by molar-refractivity contribution is -0.127. The molecule has 6 rings (SSSR count). The van der Waals surface area contributed by atoms with Gasteiger partial charge in [-0.1, -0.05) is 24.8 Å². The van der Waals surface area contributed by atoms with Crippen molar-refractivity contribution in [3.8, 4) is 11.6 Å². The Bertz CT molecular complexity index is 1590. The third-order valence-corrected chi connectivity index (χ3v) is 7.74. The lowest BCUT2D eigenvalue weighted by Crippen LogP contribution is -2.49. The molecule has 5 heterocycles. The standard InChI is InChI=1S/C28H24N6O4S/c1-2-22(35)33-14-6-7-17(16-33)31-26(36)25-24-23-20(12-13-29-27(23)39-25)34(28(37)32-24)18-10-11-21(30-15-18)38-19-8-4-3-5-9-19/h2-5,8-13,15,17H,1,6-7,14,16H2,(H,31,36)(H,32,37)/t17-/m1/s1. The highest BCUT2D eigenvalue weighted by atomic mass is 32.1. The van der Waals surface area contributed by atoms with Crippen LogP contribution in [0.25, 0.3) is 10.2 Å². The Morgan fingerprint density at radius 3 is 2.77 bits per heavy atom.